The highest BCUT2D eigenvalue weighted by Gasteiger charge is 2.81. The molecule has 4 aliphatic rings. The van der Waals surface area contributed by atoms with Crippen LogP contribution >= 0.6 is 22.6 Å². The molecule has 0 amide bonds. The average Bonchev–Trinajstić information content (AvgIpc) is 3.27. The van der Waals surface area contributed by atoms with Crippen molar-refractivity contribution in [3.05, 3.63) is 29.8 Å². The smallest absolute Gasteiger partial charge is 0.344 e. The lowest BCUT2D eigenvalue weighted by Gasteiger charge is -2.65. The van der Waals surface area contributed by atoms with Crippen LogP contribution in [0.3, 0.4) is 0 Å². The second-order valence-corrected chi connectivity index (χ2v) is 11.7. The summed E-state index contributed by atoms with van der Waals surface area (Å²) < 4.78 is 11.5. The second-order valence-electron chi connectivity index (χ2n) is 9.91. The van der Waals surface area contributed by atoms with Gasteiger partial charge in [0, 0.05) is 47.0 Å². The minimum Gasteiger partial charge on any atom is -0.467 e. The lowest BCUT2D eigenvalue weighted by molar-refractivity contribution is -0.241. The van der Waals surface area contributed by atoms with Gasteiger partial charge in [0.15, 0.2) is 6.10 Å². The van der Waals surface area contributed by atoms with Gasteiger partial charge in [0.2, 0.25) is 5.60 Å². The first-order valence-electron chi connectivity index (χ1n) is 11.4. The molecule has 7 atom stereocenters. The Hall–Kier alpha value is -1.39. The second kappa shape index (κ2) is 7.30. The van der Waals surface area contributed by atoms with Crippen LogP contribution in [0.2, 0.25) is 0 Å². The molecule has 1 spiro atoms. The number of fused-ring (bicyclic) bond motifs is 1. The molecule has 3 fully saturated rings. The maximum absolute atomic E-state index is 13.5. The van der Waals surface area contributed by atoms with E-state index in [9.17, 15) is 14.7 Å². The van der Waals surface area contributed by atoms with Crippen molar-refractivity contribution >= 4 is 40.2 Å². The number of likely N-dealkylation sites (N-methyl/N-ethyl adjacent to an activating group) is 1. The number of para-hydroxylation sites is 1. The van der Waals surface area contributed by atoms with Gasteiger partial charge in [-0.1, -0.05) is 47.7 Å². The number of methoxy groups -OCH3 is 1. The van der Waals surface area contributed by atoms with Crippen LogP contribution in [0, 0.1) is 5.41 Å². The van der Waals surface area contributed by atoms with Crippen molar-refractivity contribution in [2.24, 2.45) is 5.41 Å². The monoisotopic (exact) mass is 554 g/mol. The number of hydrogen-bond donors (Lipinski definition) is 1. The number of anilines is 1. The normalized spacial score (nSPS) is 42.1. The summed E-state index contributed by atoms with van der Waals surface area (Å²) in [6.07, 6.45) is 1.29. The van der Waals surface area contributed by atoms with Crippen molar-refractivity contribution in [3.8, 4) is 0 Å². The number of ether oxygens (including phenoxy) is 2. The summed E-state index contributed by atoms with van der Waals surface area (Å²) in [5.74, 6) is -1.22. The number of piperidine rings is 1. The van der Waals surface area contributed by atoms with Crippen LogP contribution in [0.25, 0.3) is 0 Å². The van der Waals surface area contributed by atoms with Gasteiger partial charge < -0.3 is 19.5 Å². The van der Waals surface area contributed by atoms with E-state index in [2.05, 4.69) is 46.5 Å². The van der Waals surface area contributed by atoms with E-state index < -0.39 is 40.5 Å². The number of halogens is 1. The van der Waals surface area contributed by atoms with E-state index in [1.165, 1.54) is 19.6 Å². The molecular weight excluding hydrogens is 523 g/mol. The summed E-state index contributed by atoms with van der Waals surface area (Å²) in [5, 5.41) is 12.5. The predicted molar refractivity (Wildman–Crippen MR) is 128 cm³/mol. The van der Waals surface area contributed by atoms with E-state index >= 15 is 0 Å². The molecule has 3 heterocycles. The summed E-state index contributed by atoms with van der Waals surface area (Å²) in [6.45, 7) is 5.29. The first kappa shape index (κ1) is 22.4. The minimum absolute atomic E-state index is 0.0522. The zero-order chi connectivity index (χ0) is 23.1. The number of nitrogens with zero attached hydrogens (tertiary/aromatic N) is 2. The lowest BCUT2D eigenvalue weighted by Crippen LogP contribution is -2.82. The lowest BCUT2D eigenvalue weighted by atomic mass is 9.46. The van der Waals surface area contributed by atoms with E-state index in [0.717, 1.165) is 31.6 Å². The van der Waals surface area contributed by atoms with Crippen molar-refractivity contribution in [3.63, 3.8) is 0 Å². The molecule has 7 nitrogen and oxygen atoms in total. The first-order chi connectivity index (χ1) is 15.2. The van der Waals surface area contributed by atoms with Crippen molar-refractivity contribution < 1.29 is 24.2 Å². The quantitative estimate of drug-likeness (QED) is 0.349. The number of esters is 2. The maximum atomic E-state index is 13.5. The molecule has 0 unspecified atom stereocenters. The van der Waals surface area contributed by atoms with Crippen molar-refractivity contribution in [2.45, 2.75) is 66.2 Å². The molecule has 2 saturated heterocycles. The van der Waals surface area contributed by atoms with E-state index in [-0.39, 0.29) is 6.04 Å². The van der Waals surface area contributed by atoms with Crippen LogP contribution < -0.4 is 4.90 Å². The fourth-order valence-corrected chi connectivity index (χ4v) is 9.34. The highest BCUT2D eigenvalue weighted by molar-refractivity contribution is 14.1. The molecule has 32 heavy (non-hydrogen) atoms. The number of carbonyl (C=O) groups is 2. The molecule has 5 rings (SSSR count). The summed E-state index contributed by atoms with van der Waals surface area (Å²) in [5.41, 5.74) is -0.841. The van der Waals surface area contributed by atoms with E-state index in [1.807, 2.05) is 24.1 Å². The predicted octanol–water partition coefficient (Wildman–Crippen LogP) is 2.27. The van der Waals surface area contributed by atoms with Gasteiger partial charge in [-0.15, -0.1) is 0 Å². The van der Waals surface area contributed by atoms with Crippen LogP contribution in [0.1, 0.15) is 38.7 Å². The van der Waals surface area contributed by atoms with Gasteiger partial charge in [0.1, 0.15) is 0 Å². The summed E-state index contributed by atoms with van der Waals surface area (Å²) >= 11 is 2.47. The Morgan fingerprint density at radius 2 is 2.00 bits per heavy atom. The first-order valence-corrected chi connectivity index (χ1v) is 12.6. The third kappa shape index (κ3) is 2.49. The van der Waals surface area contributed by atoms with Crippen LogP contribution in [0.4, 0.5) is 5.69 Å². The molecule has 8 heteroatoms. The highest BCUT2D eigenvalue weighted by Crippen LogP contribution is 2.68. The van der Waals surface area contributed by atoms with E-state index in [0.29, 0.717) is 10.3 Å². The van der Waals surface area contributed by atoms with Crippen LogP contribution in [0.15, 0.2) is 24.3 Å². The Labute approximate surface area is 202 Å². The summed E-state index contributed by atoms with van der Waals surface area (Å²) in [7, 11) is 3.23. The topological polar surface area (TPSA) is 79.3 Å². The van der Waals surface area contributed by atoms with Crippen molar-refractivity contribution in [1.29, 1.82) is 0 Å². The molecule has 1 aromatic carbocycles. The van der Waals surface area contributed by atoms with Gasteiger partial charge in [-0.05, 0) is 37.4 Å². The zero-order valence-electron chi connectivity index (χ0n) is 19.0. The Kier molecular flexibility index (Phi) is 5.11. The van der Waals surface area contributed by atoms with Gasteiger partial charge in [-0.3, -0.25) is 9.69 Å². The number of rotatable bonds is 3. The number of alkyl halides is 1. The molecule has 0 bridgehead atoms. The summed E-state index contributed by atoms with van der Waals surface area (Å²) in [4.78, 5) is 30.4. The standard InChI is InChI=1S/C24H31IN2O5/c1-5-22-12-15(25)13-27-11-10-23(18(22)27)16-8-6-7-9-17(16)26(3)19(23)24(30,21(29)31-4)20(22)32-14(2)28/h6-9,15,18-20,30H,5,10-13H2,1-4H3/t15-,18+,19-,20-,22-,23-,24+/m1/s1. The molecule has 0 aromatic heterocycles. The largest absolute Gasteiger partial charge is 0.467 e. The Morgan fingerprint density at radius 3 is 2.66 bits per heavy atom. The van der Waals surface area contributed by atoms with Crippen LogP contribution in [0.5, 0.6) is 0 Å². The Bertz CT molecular complexity index is 973. The SMILES string of the molecule is CC[C@]12C[C@@H](I)CN3CC[C@@]4(c5ccccc5N(C)[C@H]4[C@@](O)(C(=O)OC)[C@@H]1OC(C)=O)[C@@H]32. The van der Waals surface area contributed by atoms with Gasteiger partial charge in [-0.2, -0.15) is 0 Å². The highest BCUT2D eigenvalue weighted by atomic mass is 127. The molecule has 1 aliphatic carbocycles. The van der Waals surface area contributed by atoms with Crippen molar-refractivity contribution in [2.75, 3.05) is 32.1 Å². The molecule has 1 aromatic rings. The molecule has 1 N–H and O–H groups in total. The van der Waals surface area contributed by atoms with E-state index in [4.69, 9.17) is 9.47 Å². The molecule has 0 radical (unpaired) electrons. The fourth-order valence-electron chi connectivity index (χ4n) is 8.01. The maximum Gasteiger partial charge on any atom is 0.344 e. The van der Waals surface area contributed by atoms with Crippen LogP contribution in [-0.2, 0) is 24.5 Å². The third-order valence-corrected chi connectivity index (χ3v) is 9.53. The number of aliphatic hydroxyl groups is 1. The Morgan fingerprint density at radius 1 is 1.28 bits per heavy atom. The zero-order valence-corrected chi connectivity index (χ0v) is 21.2. The molecular formula is C24H31IN2O5. The third-order valence-electron chi connectivity index (χ3n) is 8.70. The van der Waals surface area contributed by atoms with E-state index in [1.54, 1.807) is 0 Å². The van der Waals surface area contributed by atoms with Crippen LogP contribution in [-0.4, -0.2) is 76.9 Å². The average molecular weight is 554 g/mol. The number of hydrogen-bond acceptors (Lipinski definition) is 7. The van der Waals surface area contributed by atoms with Gasteiger partial charge >= 0.3 is 11.9 Å². The minimum atomic E-state index is -2.00. The van der Waals surface area contributed by atoms with Gasteiger partial charge in [0.25, 0.3) is 0 Å². The van der Waals surface area contributed by atoms with Crippen molar-refractivity contribution in [1.82, 2.24) is 4.90 Å². The molecule has 1 saturated carbocycles. The number of carbonyl (C=O) groups excluding carboxylic acids is 2. The van der Waals surface area contributed by atoms with Gasteiger partial charge in [0.05, 0.1) is 13.2 Å². The fraction of sp³-hybridized carbons (Fsp3) is 0.667. The number of benzene rings is 1. The molecule has 174 valence electrons. The van der Waals surface area contributed by atoms with Gasteiger partial charge in [-0.25, -0.2) is 4.79 Å². The summed E-state index contributed by atoms with van der Waals surface area (Å²) in [6, 6.07) is 7.70. The molecule has 3 aliphatic heterocycles. The Balaban J connectivity index is 1.86.